The minimum atomic E-state index is -0.581. The SMILES string of the molecule is COC(=O)Cc1cc(N)c([N+](=O)[O-])cc1Br. The van der Waals surface area contributed by atoms with E-state index in [0.717, 1.165) is 0 Å². The minimum absolute atomic E-state index is 0.0132. The van der Waals surface area contributed by atoms with E-state index >= 15 is 0 Å². The van der Waals surface area contributed by atoms with E-state index in [2.05, 4.69) is 20.7 Å². The summed E-state index contributed by atoms with van der Waals surface area (Å²) in [7, 11) is 1.27. The predicted octanol–water partition coefficient (Wildman–Crippen LogP) is 1.66. The molecule has 0 unspecified atom stereocenters. The molecule has 0 heterocycles. The molecular formula is C9H9BrN2O4. The first-order valence-corrected chi connectivity index (χ1v) is 5.04. The second-order valence-electron chi connectivity index (χ2n) is 3.01. The average Bonchev–Trinajstić information content (AvgIpc) is 2.22. The van der Waals surface area contributed by atoms with Crippen LogP contribution in [0.25, 0.3) is 0 Å². The average molecular weight is 289 g/mol. The smallest absolute Gasteiger partial charge is 0.310 e. The molecule has 2 N–H and O–H groups in total. The van der Waals surface area contributed by atoms with Crippen LogP contribution in [0.1, 0.15) is 5.56 Å². The zero-order valence-corrected chi connectivity index (χ0v) is 9.98. The molecule has 0 radical (unpaired) electrons. The van der Waals surface area contributed by atoms with Gasteiger partial charge in [-0.2, -0.15) is 0 Å². The van der Waals surface area contributed by atoms with Crippen LogP contribution in [-0.2, 0) is 16.0 Å². The number of ether oxygens (including phenoxy) is 1. The van der Waals surface area contributed by atoms with E-state index in [9.17, 15) is 14.9 Å². The molecule has 0 aromatic heterocycles. The lowest BCUT2D eigenvalue weighted by atomic mass is 10.1. The number of anilines is 1. The maximum atomic E-state index is 11.0. The van der Waals surface area contributed by atoms with E-state index < -0.39 is 10.9 Å². The van der Waals surface area contributed by atoms with Crippen LogP contribution in [0.3, 0.4) is 0 Å². The zero-order valence-electron chi connectivity index (χ0n) is 8.40. The largest absolute Gasteiger partial charge is 0.469 e. The number of hydrogen-bond acceptors (Lipinski definition) is 5. The van der Waals surface area contributed by atoms with E-state index in [1.54, 1.807) is 0 Å². The Kier molecular flexibility index (Phi) is 3.83. The summed E-state index contributed by atoms with van der Waals surface area (Å²) in [6.45, 7) is 0. The molecule has 7 heteroatoms. The number of nitrogens with zero attached hydrogens (tertiary/aromatic N) is 1. The number of nitrogen functional groups attached to an aromatic ring is 1. The van der Waals surface area contributed by atoms with Crippen LogP contribution in [0.15, 0.2) is 16.6 Å². The predicted molar refractivity (Wildman–Crippen MR) is 60.9 cm³/mol. The first kappa shape index (κ1) is 12.4. The number of halogens is 1. The molecule has 6 nitrogen and oxygen atoms in total. The second kappa shape index (κ2) is 4.93. The highest BCUT2D eigenvalue weighted by Crippen LogP contribution is 2.29. The quantitative estimate of drug-likeness (QED) is 0.395. The van der Waals surface area contributed by atoms with Gasteiger partial charge in [0.15, 0.2) is 0 Å². The Hall–Kier alpha value is -1.63. The third-order valence-corrected chi connectivity index (χ3v) is 2.69. The maximum absolute atomic E-state index is 11.0. The van der Waals surface area contributed by atoms with Crippen molar-refractivity contribution in [3.8, 4) is 0 Å². The summed E-state index contributed by atoms with van der Waals surface area (Å²) in [5.41, 5.74) is 5.87. The number of nitro groups is 1. The van der Waals surface area contributed by atoms with Gasteiger partial charge in [-0.3, -0.25) is 14.9 Å². The van der Waals surface area contributed by atoms with Crippen LogP contribution in [0, 0.1) is 10.1 Å². The lowest BCUT2D eigenvalue weighted by Crippen LogP contribution is -2.06. The Morgan fingerprint density at radius 1 is 1.62 bits per heavy atom. The van der Waals surface area contributed by atoms with E-state index in [-0.39, 0.29) is 17.8 Å². The van der Waals surface area contributed by atoms with Gasteiger partial charge in [-0.1, -0.05) is 15.9 Å². The third-order valence-electron chi connectivity index (χ3n) is 1.95. The fourth-order valence-electron chi connectivity index (χ4n) is 1.15. The Bertz CT molecular complexity index is 447. The van der Waals surface area contributed by atoms with Crippen LogP contribution in [-0.4, -0.2) is 18.0 Å². The first-order chi connectivity index (χ1) is 7.45. The summed E-state index contributed by atoms with van der Waals surface area (Å²) < 4.78 is 4.95. The first-order valence-electron chi connectivity index (χ1n) is 4.24. The zero-order chi connectivity index (χ0) is 12.3. The van der Waals surface area contributed by atoms with Gasteiger partial charge in [-0.25, -0.2) is 0 Å². The molecule has 0 saturated heterocycles. The van der Waals surface area contributed by atoms with Crippen LogP contribution in [0.4, 0.5) is 11.4 Å². The van der Waals surface area contributed by atoms with Gasteiger partial charge in [0.2, 0.25) is 0 Å². The Labute approximate surface area is 99.7 Å². The highest BCUT2D eigenvalue weighted by Gasteiger charge is 2.16. The molecule has 86 valence electrons. The Morgan fingerprint density at radius 2 is 2.25 bits per heavy atom. The monoisotopic (exact) mass is 288 g/mol. The number of nitrogens with two attached hydrogens (primary N) is 1. The lowest BCUT2D eigenvalue weighted by molar-refractivity contribution is -0.384. The molecule has 0 aliphatic carbocycles. The van der Waals surface area contributed by atoms with Crippen LogP contribution in [0.5, 0.6) is 0 Å². The molecule has 0 amide bonds. The van der Waals surface area contributed by atoms with Crippen molar-refractivity contribution in [1.82, 2.24) is 0 Å². The van der Waals surface area contributed by atoms with Crippen molar-refractivity contribution >= 4 is 33.3 Å². The van der Waals surface area contributed by atoms with Crippen molar-refractivity contribution < 1.29 is 14.5 Å². The van der Waals surface area contributed by atoms with E-state index in [1.165, 1.54) is 19.2 Å². The number of carbonyl (C=O) groups excluding carboxylic acids is 1. The van der Waals surface area contributed by atoms with Gasteiger partial charge in [0, 0.05) is 10.5 Å². The van der Waals surface area contributed by atoms with Crippen LogP contribution >= 0.6 is 15.9 Å². The van der Waals surface area contributed by atoms with E-state index in [4.69, 9.17) is 5.73 Å². The Balaban J connectivity index is 3.10. The highest BCUT2D eigenvalue weighted by molar-refractivity contribution is 9.10. The third kappa shape index (κ3) is 2.69. The van der Waals surface area contributed by atoms with Crippen molar-refractivity contribution in [3.05, 3.63) is 32.3 Å². The molecule has 0 saturated carbocycles. The van der Waals surface area contributed by atoms with Crippen molar-refractivity contribution in [3.63, 3.8) is 0 Å². The topological polar surface area (TPSA) is 95.5 Å². The molecule has 0 bridgehead atoms. The summed E-state index contributed by atoms with van der Waals surface area (Å²) in [4.78, 5) is 21.0. The fraction of sp³-hybridized carbons (Fsp3) is 0.222. The van der Waals surface area contributed by atoms with Crippen LogP contribution in [0.2, 0.25) is 0 Å². The minimum Gasteiger partial charge on any atom is -0.469 e. The summed E-state index contributed by atoms with van der Waals surface area (Å²) in [6, 6.07) is 2.66. The molecule has 0 fully saturated rings. The molecule has 0 aliphatic rings. The summed E-state index contributed by atoms with van der Waals surface area (Å²) in [5, 5.41) is 10.6. The van der Waals surface area contributed by atoms with Gasteiger partial charge in [-0.15, -0.1) is 0 Å². The number of methoxy groups -OCH3 is 1. The summed E-state index contributed by atoms with van der Waals surface area (Å²) in [5.74, 6) is -0.436. The van der Waals surface area contributed by atoms with Crippen molar-refractivity contribution in [2.45, 2.75) is 6.42 Å². The molecule has 1 aromatic rings. The number of nitro benzene ring substituents is 1. The summed E-state index contributed by atoms with van der Waals surface area (Å²) in [6.07, 6.45) is 0.0132. The van der Waals surface area contributed by atoms with Gasteiger partial charge in [-0.05, 0) is 11.6 Å². The number of esters is 1. The number of carbonyl (C=O) groups is 1. The van der Waals surface area contributed by atoms with Crippen LogP contribution < -0.4 is 5.73 Å². The number of rotatable bonds is 3. The molecule has 16 heavy (non-hydrogen) atoms. The van der Waals surface area contributed by atoms with E-state index in [1.807, 2.05) is 0 Å². The lowest BCUT2D eigenvalue weighted by Gasteiger charge is -2.05. The van der Waals surface area contributed by atoms with Crippen molar-refractivity contribution in [1.29, 1.82) is 0 Å². The molecule has 0 atom stereocenters. The maximum Gasteiger partial charge on any atom is 0.310 e. The van der Waals surface area contributed by atoms with Gasteiger partial charge in [0.05, 0.1) is 18.5 Å². The fourth-order valence-corrected chi connectivity index (χ4v) is 1.62. The number of hydrogen-bond donors (Lipinski definition) is 1. The van der Waals surface area contributed by atoms with Gasteiger partial charge >= 0.3 is 5.97 Å². The van der Waals surface area contributed by atoms with Gasteiger partial charge in [0.25, 0.3) is 5.69 Å². The second-order valence-corrected chi connectivity index (χ2v) is 3.87. The van der Waals surface area contributed by atoms with Gasteiger partial charge in [0.1, 0.15) is 5.69 Å². The standard InChI is InChI=1S/C9H9BrN2O4/c1-16-9(13)3-5-2-7(11)8(12(14)15)4-6(5)10/h2,4H,3,11H2,1H3. The molecular weight excluding hydrogens is 280 g/mol. The molecule has 0 aliphatic heterocycles. The molecule has 0 spiro atoms. The van der Waals surface area contributed by atoms with Gasteiger partial charge < -0.3 is 10.5 Å². The van der Waals surface area contributed by atoms with Crippen molar-refractivity contribution in [2.24, 2.45) is 0 Å². The number of benzene rings is 1. The van der Waals surface area contributed by atoms with E-state index in [0.29, 0.717) is 10.0 Å². The van der Waals surface area contributed by atoms with Crippen molar-refractivity contribution in [2.75, 3.05) is 12.8 Å². The molecule has 1 aromatic carbocycles. The Morgan fingerprint density at radius 3 is 2.75 bits per heavy atom. The normalized spacial score (nSPS) is 9.88. The highest BCUT2D eigenvalue weighted by atomic mass is 79.9. The summed E-state index contributed by atoms with van der Waals surface area (Å²) >= 11 is 3.14. The molecule has 1 rings (SSSR count).